The van der Waals surface area contributed by atoms with Crippen molar-refractivity contribution in [2.75, 3.05) is 9.80 Å². The summed E-state index contributed by atoms with van der Waals surface area (Å²) < 4.78 is 0. The Balaban J connectivity index is 1.38. The van der Waals surface area contributed by atoms with Crippen molar-refractivity contribution in [2.24, 2.45) is 23.7 Å². The molecule has 43 heavy (non-hydrogen) atoms. The minimum Gasteiger partial charge on any atom is -0.309 e. The summed E-state index contributed by atoms with van der Waals surface area (Å²) in [5.74, 6) is 3.10. The number of para-hydroxylation sites is 2. The van der Waals surface area contributed by atoms with E-state index >= 15 is 0 Å². The normalized spacial score (nSPS) is 24.5. The lowest BCUT2D eigenvalue weighted by Crippen LogP contribution is -2.56. The molecule has 10 bridgehead atoms. The fraction of sp³-hybridized carbons (Fsp3) is 0.250. The van der Waals surface area contributed by atoms with Gasteiger partial charge in [-0.2, -0.15) is 0 Å². The third-order valence-corrected chi connectivity index (χ3v) is 11.4. The van der Waals surface area contributed by atoms with Crippen molar-refractivity contribution in [1.82, 2.24) is 0 Å². The molecular formula is C40H35ClN2. The van der Waals surface area contributed by atoms with Gasteiger partial charge in [0, 0.05) is 28.2 Å². The predicted molar refractivity (Wildman–Crippen MR) is 179 cm³/mol. The quantitative estimate of drug-likeness (QED) is 0.205. The summed E-state index contributed by atoms with van der Waals surface area (Å²) in [5, 5.41) is 0.732. The van der Waals surface area contributed by atoms with E-state index < -0.39 is 0 Å². The van der Waals surface area contributed by atoms with E-state index in [1.54, 1.807) is 0 Å². The molecule has 4 aliphatic carbocycles. The Kier molecular flexibility index (Phi) is 5.78. The Hall–Kier alpha value is -4.01. The van der Waals surface area contributed by atoms with Crippen LogP contribution in [0.3, 0.4) is 0 Å². The number of anilines is 6. The maximum atomic E-state index is 7.51. The topological polar surface area (TPSA) is 6.48 Å². The first kappa shape index (κ1) is 25.5. The van der Waals surface area contributed by atoms with E-state index in [9.17, 15) is 0 Å². The molecule has 2 nitrogen and oxygen atoms in total. The molecule has 0 amide bonds. The average molecular weight is 579 g/mol. The monoisotopic (exact) mass is 578 g/mol. The molecule has 5 aromatic carbocycles. The summed E-state index contributed by atoms with van der Waals surface area (Å²) in [6.07, 6.45) is 6.82. The van der Waals surface area contributed by atoms with Gasteiger partial charge in [0.15, 0.2) is 0 Å². The minimum absolute atomic E-state index is 0.000852. The molecule has 0 N–H and O–H groups in total. The van der Waals surface area contributed by atoms with Gasteiger partial charge >= 0.3 is 0 Å². The van der Waals surface area contributed by atoms with Crippen molar-refractivity contribution in [3.63, 3.8) is 0 Å². The molecule has 4 fully saturated rings. The fourth-order valence-corrected chi connectivity index (χ4v) is 10.00. The van der Waals surface area contributed by atoms with Gasteiger partial charge in [-0.25, -0.2) is 0 Å². The van der Waals surface area contributed by atoms with Crippen molar-refractivity contribution < 1.29 is 0 Å². The molecule has 0 radical (unpaired) electrons. The van der Waals surface area contributed by atoms with Crippen molar-refractivity contribution in [3.05, 3.63) is 144 Å². The van der Waals surface area contributed by atoms with E-state index in [4.69, 9.17) is 11.6 Å². The molecule has 212 valence electrons. The third-order valence-electron chi connectivity index (χ3n) is 11.1. The third kappa shape index (κ3) is 3.79. The van der Waals surface area contributed by atoms with Gasteiger partial charge in [0.1, 0.15) is 0 Å². The molecule has 1 aliphatic heterocycles. The number of halogens is 1. The fourth-order valence-electron chi connectivity index (χ4n) is 9.70. The Bertz CT molecular complexity index is 1670. The van der Waals surface area contributed by atoms with Gasteiger partial charge < -0.3 is 9.80 Å². The zero-order valence-corrected chi connectivity index (χ0v) is 25.0. The van der Waals surface area contributed by atoms with Gasteiger partial charge in [0.25, 0.3) is 0 Å². The van der Waals surface area contributed by atoms with E-state index in [2.05, 4.69) is 137 Å². The molecular weight excluding hydrogens is 544 g/mol. The van der Waals surface area contributed by atoms with Crippen molar-refractivity contribution in [1.29, 1.82) is 0 Å². The minimum atomic E-state index is 0.000852. The molecule has 4 saturated carbocycles. The molecule has 5 aromatic rings. The first-order valence-electron chi connectivity index (χ1n) is 15.9. The summed E-state index contributed by atoms with van der Waals surface area (Å²) in [5.41, 5.74) is 9.46. The van der Waals surface area contributed by atoms with Crippen LogP contribution in [0.4, 0.5) is 34.1 Å². The van der Waals surface area contributed by atoms with Crippen LogP contribution in [0.1, 0.15) is 43.2 Å². The number of hydrogen-bond acceptors (Lipinski definition) is 2. The van der Waals surface area contributed by atoms with Crippen molar-refractivity contribution in [3.8, 4) is 0 Å². The zero-order valence-electron chi connectivity index (χ0n) is 24.2. The second-order valence-electron chi connectivity index (χ2n) is 13.2. The van der Waals surface area contributed by atoms with Crippen LogP contribution in [0.5, 0.6) is 0 Å². The van der Waals surface area contributed by atoms with Gasteiger partial charge in [-0.1, -0.05) is 78.3 Å². The second kappa shape index (κ2) is 9.76. The smallest absolute Gasteiger partial charge is 0.0887 e. The Morgan fingerprint density at radius 1 is 0.465 bits per heavy atom. The summed E-state index contributed by atoms with van der Waals surface area (Å²) in [4.78, 5) is 4.72. The molecule has 3 heteroatoms. The largest absolute Gasteiger partial charge is 0.309 e. The number of rotatable bonds is 2. The zero-order chi connectivity index (χ0) is 28.5. The van der Waals surface area contributed by atoms with Crippen LogP contribution < -0.4 is 9.80 Å². The molecule has 5 aliphatic rings. The highest BCUT2D eigenvalue weighted by Gasteiger charge is 2.58. The van der Waals surface area contributed by atoms with Crippen LogP contribution in [0.2, 0.25) is 5.02 Å². The lowest BCUT2D eigenvalue weighted by atomic mass is 9.42. The summed E-state index contributed by atoms with van der Waals surface area (Å²) in [7, 11) is 0. The maximum Gasteiger partial charge on any atom is 0.0887 e. The summed E-state index contributed by atoms with van der Waals surface area (Å²) in [6.45, 7) is 0. The van der Waals surface area contributed by atoms with E-state index in [0.717, 1.165) is 39.6 Å². The van der Waals surface area contributed by atoms with Crippen molar-refractivity contribution in [2.45, 2.75) is 37.5 Å². The predicted octanol–water partition coefficient (Wildman–Crippen LogP) is 11.3. The molecule has 1 heterocycles. The number of hydrogen-bond donors (Lipinski definition) is 0. The Morgan fingerprint density at radius 3 is 1.35 bits per heavy atom. The lowest BCUT2D eigenvalue weighted by molar-refractivity contribution is -0.0417. The van der Waals surface area contributed by atoms with E-state index in [-0.39, 0.29) is 5.41 Å². The van der Waals surface area contributed by atoms with Crippen molar-refractivity contribution >= 4 is 45.7 Å². The van der Waals surface area contributed by atoms with E-state index in [0.29, 0.717) is 11.8 Å². The van der Waals surface area contributed by atoms with Gasteiger partial charge in [0.05, 0.1) is 16.4 Å². The van der Waals surface area contributed by atoms with Crippen LogP contribution >= 0.6 is 11.6 Å². The van der Waals surface area contributed by atoms with E-state index in [1.165, 1.54) is 54.6 Å². The highest BCUT2D eigenvalue weighted by Crippen LogP contribution is 2.66. The standard InChI is InChI=1S/C40H35ClN2/c41-39-37-18-9-19-38(39)43(34-14-5-2-6-15-34)36-17-8-11-30(26-36)40(31-21-27-20-28(23-31)24-32(40)22-27)29-10-7-16-35(25-29)42(37)33-12-3-1-4-13-33/h1-19,25-28,31-32H,20-24H2. The molecule has 0 atom stereocenters. The van der Waals surface area contributed by atoms with Crippen LogP contribution in [-0.2, 0) is 5.41 Å². The molecule has 1 spiro atoms. The Labute approximate surface area is 259 Å². The highest BCUT2D eigenvalue weighted by molar-refractivity contribution is 6.36. The van der Waals surface area contributed by atoms with Crippen LogP contribution in [0, 0.1) is 23.7 Å². The summed E-state index contributed by atoms with van der Waals surface area (Å²) in [6, 6.07) is 46.8. The van der Waals surface area contributed by atoms with E-state index in [1.807, 2.05) is 0 Å². The number of benzene rings is 5. The first-order chi connectivity index (χ1) is 21.2. The van der Waals surface area contributed by atoms with Gasteiger partial charge in [-0.05, 0) is 128 Å². The van der Waals surface area contributed by atoms with Gasteiger partial charge in [-0.3, -0.25) is 0 Å². The molecule has 0 saturated heterocycles. The molecule has 10 rings (SSSR count). The first-order valence-corrected chi connectivity index (χ1v) is 16.3. The maximum absolute atomic E-state index is 7.51. The second-order valence-corrected chi connectivity index (χ2v) is 13.6. The molecule has 0 aromatic heterocycles. The van der Waals surface area contributed by atoms with Gasteiger partial charge in [-0.15, -0.1) is 0 Å². The Morgan fingerprint density at radius 2 is 0.884 bits per heavy atom. The van der Waals surface area contributed by atoms with Crippen LogP contribution in [-0.4, -0.2) is 0 Å². The SMILES string of the molecule is Clc1c2cccc1N(c1ccccc1)c1cccc(c1)C1(c3cccc(c3)N2c2ccccc2)C2CC3CC(C2)CC1C3. The summed E-state index contributed by atoms with van der Waals surface area (Å²) >= 11 is 7.51. The van der Waals surface area contributed by atoms with Gasteiger partial charge in [0.2, 0.25) is 0 Å². The highest BCUT2D eigenvalue weighted by atomic mass is 35.5. The lowest BCUT2D eigenvalue weighted by Gasteiger charge is -2.62. The number of nitrogens with zero attached hydrogens (tertiary/aromatic N) is 2. The molecule has 0 unspecified atom stereocenters. The van der Waals surface area contributed by atoms with Crippen LogP contribution in [0.15, 0.2) is 127 Å². The van der Waals surface area contributed by atoms with Crippen LogP contribution in [0.25, 0.3) is 0 Å². The number of fused-ring (bicyclic) bond motifs is 6. The average Bonchev–Trinajstić information content (AvgIpc) is 3.04.